The summed E-state index contributed by atoms with van der Waals surface area (Å²) in [5.74, 6) is 0.213. The maximum absolute atomic E-state index is 10.2. The van der Waals surface area contributed by atoms with Gasteiger partial charge in [-0.2, -0.15) is 4.57 Å². The highest BCUT2D eigenvalue weighted by molar-refractivity contribution is 5.91. The van der Waals surface area contributed by atoms with Crippen LogP contribution in [0.2, 0.25) is 0 Å². The van der Waals surface area contributed by atoms with Crippen LogP contribution in [0.5, 0.6) is 11.6 Å². The van der Waals surface area contributed by atoms with Crippen molar-refractivity contribution in [2.75, 3.05) is 0 Å². The minimum atomic E-state index is -0.0643. The van der Waals surface area contributed by atoms with Gasteiger partial charge in [0.05, 0.1) is 5.39 Å². The van der Waals surface area contributed by atoms with Gasteiger partial charge in [0, 0.05) is 5.39 Å². The Morgan fingerprint density at radius 1 is 1.06 bits per heavy atom. The van der Waals surface area contributed by atoms with E-state index in [1.54, 1.807) is 4.57 Å². The Morgan fingerprint density at radius 2 is 1.72 bits per heavy atom. The zero-order valence-corrected chi connectivity index (χ0v) is 11.3. The molecule has 0 atom stereocenters. The standard InChI is InChI=1S/C15H19NO2/c1-9(2)12-7-5-6-11-8-16(10(3)4)15(18)14(17)13(11)12/h5-10,17H,1-4H3/p+1. The number of nitrogens with zero attached hydrogens (tertiary/aromatic N) is 1. The molecule has 2 aromatic rings. The number of benzene rings is 1. The summed E-state index contributed by atoms with van der Waals surface area (Å²) in [4.78, 5) is 0. The third-order valence-electron chi connectivity index (χ3n) is 3.28. The van der Waals surface area contributed by atoms with Gasteiger partial charge in [0.1, 0.15) is 0 Å². The van der Waals surface area contributed by atoms with Crippen LogP contribution in [0, 0.1) is 0 Å². The number of rotatable bonds is 2. The maximum Gasteiger partial charge on any atom is 0.409 e. The average molecular weight is 246 g/mol. The van der Waals surface area contributed by atoms with E-state index in [0.29, 0.717) is 5.92 Å². The quantitative estimate of drug-likeness (QED) is 0.799. The highest BCUT2D eigenvalue weighted by Gasteiger charge is 2.23. The van der Waals surface area contributed by atoms with Crippen LogP contribution >= 0.6 is 0 Å². The van der Waals surface area contributed by atoms with Gasteiger partial charge < -0.3 is 10.2 Å². The van der Waals surface area contributed by atoms with Crippen molar-refractivity contribution >= 4 is 10.8 Å². The lowest BCUT2D eigenvalue weighted by atomic mass is 9.96. The molecule has 2 N–H and O–H groups in total. The normalized spacial score (nSPS) is 11.7. The Bertz CT molecular complexity index is 589. The second-order valence-electron chi connectivity index (χ2n) is 5.27. The van der Waals surface area contributed by atoms with Gasteiger partial charge in [-0.25, -0.2) is 0 Å². The number of aromatic nitrogens is 1. The molecule has 0 amide bonds. The molecule has 0 saturated carbocycles. The van der Waals surface area contributed by atoms with Crippen molar-refractivity contribution in [3.63, 3.8) is 0 Å². The average Bonchev–Trinajstić information content (AvgIpc) is 2.32. The first-order valence-corrected chi connectivity index (χ1v) is 6.32. The first-order chi connectivity index (χ1) is 8.43. The monoisotopic (exact) mass is 246 g/mol. The molecule has 0 bridgehead atoms. The minimum absolute atomic E-state index is 0.0227. The van der Waals surface area contributed by atoms with Crippen molar-refractivity contribution in [1.29, 1.82) is 0 Å². The van der Waals surface area contributed by atoms with Gasteiger partial charge in [-0.1, -0.05) is 26.0 Å². The van der Waals surface area contributed by atoms with Crippen molar-refractivity contribution in [1.82, 2.24) is 0 Å². The number of aromatic hydroxyl groups is 2. The summed E-state index contributed by atoms with van der Waals surface area (Å²) in [5, 5.41) is 22.0. The predicted molar refractivity (Wildman–Crippen MR) is 71.9 cm³/mol. The van der Waals surface area contributed by atoms with E-state index in [0.717, 1.165) is 16.3 Å². The lowest BCUT2D eigenvalue weighted by Crippen LogP contribution is -2.35. The molecule has 18 heavy (non-hydrogen) atoms. The molecule has 0 saturated heterocycles. The zero-order valence-electron chi connectivity index (χ0n) is 11.3. The molecule has 0 aliphatic heterocycles. The van der Waals surface area contributed by atoms with Crippen molar-refractivity contribution in [3.05, 3.63) is 30.0 Å². The van der Waals surface area contributed by atoms with Crippen molar-refractivity contribution in [2.45, 2.75) is 39.7 Å². The lowest BCUT2D eigenvalue weighted by molar-refractivity contribution is -0.720. The number of fused-ring (bicyclic) bond motifs is 1. The van der Waals surface area contributed by atoms with E-state index in [2.05, 4.69) is 13.8 Å². The topological polar surface area (TPSA) is 44.3 Å². The van der Waals surface area contributed by atoms with Crippen LogP contribution in [0.4, 0.5) is 0 Å². The van der Waals surface area contributed by atoms with Crippen molar-refractivity contribution in [2.24, 2.45) is 0 Å². The Balaban J connectivity index is 2.86. The van der Waals surface area contributed by atoms with E-state index in [1.807, 2.05) is 38.2 Å². The van der Waals surface area contributed by atoms with E-state index >= 15 is 0 Å². The van der Waals surface area contributed by atoms with Crippen LogP contribution < -0.4 is 4.57 Å². The fourth-order valence-electron chi connectivity index (χ4n) is 2.29. The highest BCUT2D eigenvalue weighted by atomic mass is 16.3. The molecule has 0 aliphatic carbocycles. The summed E-state index contributed by atoms with van der Waals surface area (Å²) in [6.07, 6.45) is 1.89. The maximum atomic E-state index is 10.2. The highest BCUT2D eigenvalue weighted by Crippen LogP contribution is 2.36. The first-order valence-electron chi connectivity index (χ1n) is 6.32. The molecule has 1 heterocycles. The SMILES string of the molecule is CC(C)c1cccc2c[n+](C(C)C)c(O)c(O)c12. The molecule has 0 unspecified atom stereocenters. The van der Waals surface area contributed by atoms with Gasteiger partial charge in [-0.15, -0.1) is 0 Å². The molecule has 0 fully saturated rings. The molecule has 0 spiro atoms. The third kappa shape index (κ3) is 1.90. The van der Waals surface area contributed by atoms with Gasteiger partial charge in [0.2, 0.25) is 5.75 Å². The lowest BCUT2D eigenvalue weighted by Gasteiger charge is -2.12. The molecule has 1 aromatic heterocycles. The van der Waals surface area contributed by atoms with Crippen LogP contribution in [-0.2, 0) is 0 Å². The second kappa shape index (κ2) is 4.48. The molecule has 2 rings (SSSR count). The molecular weight excluding hydrogens is 226 g/mol. The van der Waals surface area contributed by atoms with E-state index < -0.39 is 0 Å². The first kappa shape index (κ1) is 12.7. The Labute approximate surface area is 107 Å². The molecule has 0 radical (unpaired) electrons. The van der Waals surface area contributed by atoms with Gasteiger partial charge in [-0.05, 0) is 31.4 Å². The molecule has 0 aliphatic rings. The van der Waals surface area contributed by atoms with Crippen LogP contribution in [0.15, 0.2) is 24.4 Å². The zero-order chi connectivity index (χ0) is 13.4. The van der Waals surface area contributed by atoms with E-state index in [-0.39, 0.29) is 17.7 Å². The van der Waals surface area contributed by atoms with Gasteiger partial charge in [0.15, 0.2) is 12.2 Å². The summed E-state index contributed by atoms with van der Waals surface area (Å²) in [6, 6.07) is 6.03. The van der Waals surface area contributed by atoms with E-state index in [9.17, 15) is 10.2 Å². The fraction of sp³-hybridized carbons (Fsp3) is 0.400. The third-order valence-corrected chi connectivity index (χ3v) is 3.28. The summed E-state index contributed by atoms with van der Waals surface area (Å²) in [6.45, 7) is 8.10. The summed E-state index contributed by atoms with van der Waals surface area (Å²) in [5.41, 5.74) is 1.05. The molecule has 96 valence electrons. The largest absolute Gasteiger partial charge is 0.499 e. The molecule has 1 aromatic carbocycles. The number of pyridine rings is 1. The molecular formula is C15H20NO2+. The Morgan fingerprint density at radius 3 is 2.28 bits per heavy atom. The summed E-state index contributed by atoms with van der Waals surface area (Å²) < 4.78 is 1.68. The Kier molecular flexibility index (Phi) is 3.16. The second-order valence-corrected chi connectivity index (χ2v) is 5.27. The predicted octanol–water partition coefficient (Wildman–Crippen LogP) is 3.24. The minimum Gasteiger partial charge on any atom is -0.499 e. The van der Waals surface area contributed by atoms with Gasteiger partial charge in [0.25, 0.3) is 0 Å². The number of hydrogen-bond acceptors (Lipinski definition) is 2. The van der Waals surface area contributed by atoms with Crippen molar-refractivity contribution < 1.29 is 14.8 Å². The molecule has 3 heteroatoms. The van der Waals surface area contributed by atoms with E-state index in [1.165, 1.54) is 0 Å². The van der Waals surface area contributed by atoms with Crippen LogP contribution in [-0.4, -0.2) is 10.2 Å². The summed E-state index contributed by atoms with van der Waals surface area (Å²) in [7, 11) is 0. The van der Waals surface area contributed by atoms with Crippen LogP contribution in [0.25, 0.3) is 10.8 Å². The van der Waals surface area contributed by atoms with Crippen LogP contribution in [0.1, 0.15) is 45.2 Å². The van der Waals surface area contributed by atoms with Crippen LogP contribution in [0.3, 0.4) is 0 Å². The smallest absolute Gasteiger partial charge is 0.409 e. The van der Waals surface area contributed by atoms with Gasteiger partial charge in [-0.3, -0.25) is 0 Å². The number of hydrogen-bond donors (Lipinski definition) is 2. The van der Waals surface area contributed by atoms with E-state index in [4.69, 9.17) is 0 Å². The van der Waals surface area contributed by atoms with Gasteiger partial charge >= 0.3 is 5.88 Å². The molecule has 3 nitrogen and oxygen atoms in total. The van der Waals surface area contributed by atoms with Crippen molar-refractivity contribution in [3.8, 4) is 11.6 Å². The summed E-state index contributed by atoms with van der Waals surface area (Å²) >= 11 is 0. The Hall–Kier alpha value is -1.77. The fourth-order valence-corrected chi connectivity index (χ4v) is 2.29.